The summed E-state index contributed by atoms with van der Waals surface area (Å²) in [5, 5.41) is 12.3. The van der Waals surface area contributed by atoms with Crippen LogP contribution in [0.25, 0.3) is 0 Å². The average Bonchev–Trinajstić information content (AvgIpc) is 2.91. The van der Waals surface area contributed by atoms with Gasteiger partial charge in [-0.1, -0.05) is 0 Å². The van der Waals surface area contributed by atoms with Crippen molar-refractivity contribution < 1.29 is 19.4 Å². The van der Waals surface area contributed by atoms with Crippen LogP contribution in [0.4, 0.5) is 0 Å². The molecule has 1 aromatic rings. The van der Waals surface area contributed by atoms with E-state index >= 15 is 0 Å². The zero-order chi connectivity index (χ0) is 14.9. The molecule has 1 amide bonds. The number of amides is 1. The van der Waals surface area contributed by atoms with Crippen molar-refractivity contribution in [1.29, 1.82) is 0 Å². The van der Waals surface area contributed by atoms with Gasteiger partial charge < -0.3 is 20.9 Å². The maximum Gasteiger partial charge on any atom is 0.347 e. The number of rotatable bonds is 4. The minimum absolute atomic E-state index is 0.194. The molecule has 1 aliphatic heterocycles. The van der Waals surface area contributed by atoms with E-state index < -0.39 is 11.4 Å². The molecule has 1 fully saturated rings. The Hall–Kier alpha value is -1.51. The molecular formula is C12H17N3O4S. The van der Waals surface area contributed by atoms with Gasteiger partial charge in [0.2, 0.25) is 5.91 Å². The molecular weight excluding hydrogens is 282 g/mol. The second kappa shape index (κ2) is 5.47. The number of hydrogen-bond acceptors (Lipinski definition) is 6. The summed E-state index contributed by atoms with van der Waals surface area (Å²) in [6, 6.07) is -0.338. The van der Waals surface area contributed by atoms with Gasteiger partial charge in [0.05, 0.1) is 30.9 Å². The van der Waals surface area contributed by atoms with Crippen molar-refractivity contribution in [2.24, 2.45) is 11.1 Å². The lowest BCUT2D eigenvalue weighted by molar-refractivity contribution is -0.130. The molecule has 20 heavy (non-hydrogen) atoms. The molecule has 110 valence electrons. The molecule has 0 aromatic carbocycles. The largest absolute Gasteiger partial charge is 0.477 e. The molecule has 0 saturated carbocycles. The predicted molar refractivity (Wildman–Crippen MR) is 72.6 cm³/mol. The number of aromatic nitrogens is 1. The van der Waals surface area contributed by atoms with Crippen LogP contribution >= 0.6 is 11.3 Å². The predicted octanol–water partition coefficient (Wildman–Crippen LogP) is 0.130. The Kier molecular flexibility index (Phi) is 4.07. The lowest BCUT2D eigenvalue weighted by Crippen LogP contribution is -2.49. The summed E-state index contributed by atoms with van der Waals surface area (Å²) in [7, 11) is 0. The number of nitrogens with zero attached hydrogens (tertiary/aromatic N) is 1. The third kappa shape index (κ3) is 2.67. The summed E-state index contributed by atoms with van der Waals surface area (Å²) in [6.45, 7) is 4.24. The van der Waals surface area contributed by atoms with Crippen molar-refractivity contribution in [3.8, 4) is 0 Å². The van der Waals surface area contributed by atoms with Crippen molar-refractivity contribution in [1.82, 2.24) is 10.3 Å². The maximum absolute atomic E-state index is 12.2. The molecule has 8 heteroatoms. The number of ether oxygens (including phenoxy) is 1. The van der Waals surface area contributed by atoms with Crippen LogP contribution in [0.3, 0.4) is 0 Å². The number of carboxylic acids is 1. The molecule has 0 spiro atoms. The number of hydrogen-bond donors (Lipinski definition) is 3. The third-order valence-corrected chi connectivity index (χ3v) is 4.62. The van der Waals surface area contributed by atoms with Crippen LogP contribution in [-0.4, -0.2) is 41.2 Å². The maximum atomic E-state index is 12.2. The number of aromatic carboxylic acids is 1. The van der Waals surface area contributed by atoms with Gasteiger partial charge in [-0.2, -0.15) is 0 Å². The molecule has 4 N–H and O–H groups in total. The van der Waals surface area contributed by atoms with Crippen LogP contribution < -0.4 is 11.1 Å². The zero-order valence-corrected chi connectivity index (χ0v) is 12.1. The average molecular weight is 299 g/mol. The summed E-state index contributed by atoms with van der Waals surface area (Å²) >= 11 is 1.06. The number of nitrogens with two attached hydrogens (primary N) is 1. The Labute approximate surface area is 120 Å². The number of carbonyl (C=O) groups is 2. The standard InChI is InChI=1S/C12H17N3O4S/c1-6-9(10(16)17)20-8(15-6)3-14-11(18)12(2)5-19-4-7(12)13/h7H,3-5,13H2,1-2H3,(H,14,18)(H,16,17). The van der Waals surface area contributed by atoms with E-state index in [0.717, 1.165) is 11.3 Å². The number of thiazole rings is 1. The Morgan fingerprint density at radius 3 is 2.85 bits per heavy atom. The number of carboxylic acid groups (broad SMARTS) is 1. The molecule has 1 aromatic heterocycles. The van der Waals surface area contributed by atoms with Crippen molar-refractivity contribution in [3.05, 3.63) is 15.6 Å². The van der Waals surface area contributed by atoms with Gasteiger partial charge in [0, 0.05) is 6.04 Å². The molecule has 1 aliphatic rings. The fraction of sp³-hybridized carbons (Fsp3) is 0.583. The molecule has 0 bridgehead atoms. The van der Waals surface area contributed by atoms with E-state index in [1.165, 1.54) is 0 Å². The number of carbonyl (C=O) groups excluding carboxylic acids is 1. The minimum Gasteiger partial charge on any atom is -0.477 e. The monoisotopic (exact) mass is 299 g/mol. The number of aryl methyl sites for hydroxylation is 1. The first-order chi connectivity index (χ1) is 9.34. The van der Waals surface area contributed by atoms with E-state index in [4.69, 9.17) is 15.6 Å². The van der Waals surface area contributed by atoms with Crippen LogP contribution in [0.5, 0.6) is 0 Å². The van der Waals surface area contributed by atoms with E-state index in [9.17, 15) is 9.59 Å². The highest BCUT2D eigenvalue weighted by atomic mass is 32.1. The molecule has 0 radical (unpaired) electrons. The second-order valence-corrected chi connectivity index (χ2v) is 6.13. The quantitative estimate of drug-likeness (QED) is 0.728. The van der Waals surface area contributed by atoms with E-state index in [0.29, 0.717) is 17.3 Å². The van der Waals surface area contributed by atoms with Gasteiger partial charge in [0.1, 0.15) is 9.88 Å². The molecule has 2 unspecified atom stereocenters. The van der Waals surface area contributed by atoms with Gasteiger partial charge in [-0.3, -0.25) is 4.79 Å². The second-order valence-electron chi connectivity index (χ2n) is 5.05. The van der Waals surface area contributed by atoms with Crippen LogP contribution in [0, 0.1) is 12.3 Å². The van der Waals surface area contributed by atoms with E-state index in [-0.39, 0.29) is 30.0 Å². The summed E-state index contributed by atoms with van der Waals surface area (Å²) < 4.78 is 5.22. The minimum atomic E-state index is -1.00. The Morgan fingerprint density at radius 2 is 2.35 bits per heavy atom. The first-order valence-corrected chi connectivity index (χ1v) is 6.97. The van der Waals surface area contributed by atoms with Gasteiger partial charge in [0.25, 0.3) is 0 Å². The topological polar surface area (TPSA) is 115 Å². The lowest BCUT2D eigenvalue weighted by atomic mass is 9.85. The van der Waals surface area contributed by atoms with Crippen LogP contribution in [-0.2, 0) is 16.1 Å². The third-order valence-electron chi connectivity index (χ3n) is 3.47. The molecule has 2 rings (SSSR count). The van der Waals surface area contributed by atoms with Gasteiger partial charge in [-0.15, -0.1) is 11.3 Å². The number of nitrogens with one attached hydrogen (secondary N) is 1. The normalized spacial score (nSPS) is 25.6. The summed E-state index contributed by atoms with van der Waals surface area (Å²) in [4.78, 5) is 27.4. The zero-order valence-electron chi connectivity index (χ0n) is 11.3. The summed E-state index contributed by atoms with van der Waals surface area (Å²) in [6.07, 6.45) is 0. The van der Waals surface area contributed by atoms with Gasteiger partial charge in [-0.25, -0.2) is 9.78 Å². The van der Waals surface area contributed by atoms with Crippen molar-refractivity contribution in [3.63, 3.8) is 0 Å². The van der Waals surface area contributed by atoms with Crippen LogP contribution in [0.2, 0.25) is 0 Å². The summed E-state index contributed by atoms with van der Waals surface area (Å²) in [5.74, 6) is -1.21. The van der Waals surface area contributed by atoms with E-state index in [1.807, 2.05) is 0 Å². The molecule has 7 nitrogen and oxygen atoms in total. The van der Waals surface area contributed by atoms with Gasteiger partial charge in [-0.05, 0) is 13.8 Å². The Morgan fingerprint density at radius 1 is 1.65 bits per heavy atom. The fourth-order valence-corrected chi connectivity index (χ4v) is 2.85. The first kappa shape index (κ1) is 14.9. The SMILES string of the molecule is Cc1nc(CNC(=O)C2(C)COCC2N)sc1C(=O)O. The highest BCUT2D eigenvalue weighted by Crippen LogP contribution is 2.27. The highest BCUT2D eigenvalue weighted by molar-refractivity contribution is 7.13. The highest BCUT2D eigenvalue weighted by Gasteiger charge is 2.44. The first-order valence-electron chi connectivity index (χ1n) is 6.16. The smallest absolute Gasteiger partial charge is 0.347 e. The fourth-order valence-electron chi connectivity index (χ4n) is 2.01. The van der Waals surface area contributed by atoms with Gasteiger partial charge >= 0.3 is 5.97 Å². The van der Waals surface area contributed by atoms with Crippen molar-refractivity contribution >= 4 is 23.2 Å². The molecule has 0 aliphatic carbocycles. The van der Waals surface area contributed by atoms with Gasteiger partial charge in [0.15, 0.2) is 0 Å². The lowest BCUT2D eigenvalue weighted by Gasteiger charge is -2.25. The van der Waals surface area contributed by atoms with E-state index in [1.54, 1.807) is 13.8 Å². The Balaban J connectivity index is 2.00. The summed E-state index contributed by atoms with van der Waals surface area (Å²) in [5.41, 5.74) is 5.58. The van der Waals surface area contributed by atoms with E-state index in [2.05, 4.69) is 10.3 Å². The van der Waals surface area contributed by atoms with Crippen molar-refractivity contribution in [2.75, 3.05) is 13.2 Å². The molecule has 1 saturated heterocycles. The molecule has 2 atom stereocenters. The van der Waals surface area contributed by atoms with Crippen molar-refractivity contribution in [2.45, 2.75) is 26.4 Å². The Bertz CT molecular complexity index is 545. The molecule has 2 heterocycles. The van der Waals surface area contributed by atoms with Crippen LogP contribution in [0.1, 0.15) is 27.3 Å². The van der Waals surface area contributed by atoms with Crippen LogP contribution in [0.15, 0.2) is 0 Å².